The summed E-state index contributed by atoms with van der Waals surface area (Å²) in [5, 5.41) is 0. The van der Waals surface area contributed by atoms with Crippen LogP contribution in [0.5, 0.6) is 0 Å². The monoisotopic (exact) mass is 337 g/mol. The fraction of sp³-hybridized carbons (Fsp3) is 0.286. The first-order chi connectivity index (χ1) is 9.54. The minimum absolute atomic E-state index is 0.0248. The molecule has 20 heavy (non-hydrogen) atoms. The van der Waals surface area contributed by atoms with Gasteiger partial charge in [0.15, 0.2) is 5.69 Å². The molecule has 0 radical (unpaired) electrons. The fourth-order valence-corrected chi connectivity index (χ4v) is 2.38. The van der Waals surface area contributed by atoms with Crippen LogP contribution in [0, 0.1) is 0 Å². The van der Waals surface area contributed by atoms with Gasteiger partial charge in [-0.15, -0.1) is 0 Å². The van der Waals surface area contributed by atoms with Crippen LogP contribution in [0.4, 0.5) is 5.82 Å². The highest BCUT2D eigenvalue weighted by molar-refractivity contribution is 9.10. The van der Waals surface area contributed by atoms with E-state index >= 15 is 0 Å². The maximum atomic E-state index is 11.7. The van der Waals surface area contributed by atoms with E-state index in [0.717, 1.165) is 10.0 Å². The molecule has 106 valence electrons. The number of nitrogens with zero attached hydrogens (tertiary/aromatic N) is 2. The predicted octanol–water partition coefficient (Wildman–Crippen LogP) is 3.01. The molecule has 2 N–H and O–H groups in total. The van der Waals surface area contributed by atoms with Crippen molar-refractivity contribution >= 4 is 27.7 Å². The molecule has 0 amide bonds. The lowest BCUT2D eigenvalue weighted by atomic mass is 10.1. The zero-order chi connectivity index (χ0) is 14.7. The second kappa shape index (κ2) is 6.09. The average molecular weight is 338 g/mol. The minimum atomic E-state index is -0.495. The van der Waals surface area contributed by atoms with Gasteiger partial charge in [0.1, 0.15) is 5.82 Å². The molecular weight excluding hydrogens is 322 g/mol. The number of hydrogen-bond donors (Lipinski definition) is 1. The standard InChI is InChI=1S/C14H16BrN3O2/c1-3-20-14(19)12-13(16)18(8-17-12)9(2)10-5-4-6-11(15)7-10/h4-9H,3,16H2,1-2H3. The molecule has 1 aromatic heterocycles. The van der Waals surface area contributed by atoms with Crippen molar-refractivity contribution in [3.63, 3.8) is 0 Å². The number of carbonyl (C=O) groups excluding carboxylic acids is 1. The van der Waals surface area contributed by atoms with Crippen LogP contribution in [-0.2, 0) is 4.74 Å². The smallest absolute Gasteiger partial charge is 0.360 e. The van der Waals surface area contributed by atoms with Gasteiger partial charge in [0.25, 0.3) is 0 Å². The second-order valence-electron chi connectivity index (χ2n) is 4.34. The van der Waals surface area contributed by atoms with Crippen LogP contribution in [0.15, 0.2) is 35.1 Å². The molecule has 1 aromatic carbocycles. The molecule has 0 aliphatic rings. The maximum absolute atomic E-state index is 11.7. The summed E-state index contributed by atoms with van der Waals surface area (Å²) >= 11 is 3.44. The van der Waals surface area contributed by atoms with Crippen LogP contribution in [0.2, 0.25) is 0 Å². The van der Waals surface area contributed by atoms with Crippen LogP contribution >= 0.6 is 15.9 Å². The van der Waals surface area contributed by atoms with E-state index in [-0.39, 0.29) is 11.7 Å². The van der Waals surface area contributed by atoms with Crippen molar-refractivity contribution < 1.29 is 9.53 Å². The highest BCUT2D eigenvalue weighted by Gasteiger charge is 2.20. The predicted molar refractivity (Wildman–Crippen MR) is 80.6 cm³/mol. The number of benzene rings is 1. The molecule has 0 saturated heterocycles. The van der Waals surface area contributed by atoms with Crippen molar-refractivity contribution in [3.8, 4) is 0 Å². The van der Waals surface area contributed by atoms with E-state index in [2.05, 4.69) is 20.9 Å². The molecule has 0 fully saturated rings. The lowest BCUT2D eigenvalue weighted by molar-refractivity contribution is 0.0521. The maximum Gasteiger partial charge on any atom is 0.360 e. The van der Waals surface area contributed by atoms with E-state index < -0.39 is 5.97 Å². The number of ether oxygens (including phenoxy) is 1. The zero-order valence-corrected chi connectivity index (χ0v) is 12.9. The molecule has 0 aliphatic heterocycles. The van der Waals surface area contributed by atoms with E-state index in [4.69, 9.17) is 10.5 Å². The highest BCUT2D eigenvalue weighted by Crippen LogP contribution is 2.25. The molecular formula is C14H16BrN3O2. The van der Waals surface area contributed by atoms with Crippen LogP contribution in [0.25, 0.3) is 0 Å². The van der Waals surface area contributed by atoms with Crippen LogP contribution < -0.4 is 5.73 Å². The highest BCUT2D eigenvalue weighted by atomic mass is 79.9. The van der Waals surface area contributed by atoms with Crippen LogP contribution in [0.3, 0.4) is 0 Å². The zero-order valence-electron chi connectivity index (χ0n) is 11.3. The summed E-state index contributed by atoms with van der Waals surface area (Å²) in [6.45, 7) is 4.04. The molecule has 2 rings (SSSR count). The number of aromatic nitrogens is 2. The molecule has 5 nitrogen and oxygen atoms in total. The van der Waals surface area contributed by atoms with Gasteiger partial charge in [-0.3, -0.25) is 0 Å². The topological polar surface area (TPSA) is 70.1 Å². The summed E-state index contributed by atoms with van der Waals surface area (Å²) in [5.74, 6) is -0.180. The van der Waals surface area contributed by atoms with Crippen molar-refractivity contribution in [1.82, 2.24) is 9.55 Å². The van der Waals surface area contributed by atoms with Crippen LogP contribution in [-0.4, -0.2) is 22.1 Å². The third-order valence-electron chi connectivity index (χ3n) is 3.05. The van der Waals surface area contributed by atoms with E-state index in [9.17, 15) is 4.79 Å². The van der Waals surface area contributed by atoms with Gasteiger partial charge in [-0.25, -0.2) is 9.78 Å². The van der Waals surface area contributed by atoms with Gasteiger partial charge >= 0.3 is 5.97 Å². The van der Waals surface area contributed by atoms with E-state index in [1.165, 1.54) is 0 Å². The Bertz CT molecular complexity index is 625. The van der Waals surface area contributed by atoms with Crippen molar-refractivity contribution in [2.24, 2.45) is 0 Å². The summed E-state index contributed by atoms with van der Waals surface area (Å²) in [7, 11) is 0. The van der Waals surface area contributed by atoms with Gasteiger partial charge < -0.3 is 15.0 Å². The van der Waals surface area contributed by atoms with Crippen molar-refractivity contribution in [3.05, 3.63) is 46.3 Å². The van der Waals surface area contributed by atoms with Gasteiger partial charge in [0.05, 0.1) is 19.0 Å². The van der Waals surface area contributed by atoms with Gasteiger partial charge in [-0.05, 0) is 31.5 Å². The number of imidazole rings is 1. The number of nitrogens with two attached hydrogens (primary N) is 1. The van der Waals surface area contributed by atoms with Crippen molar-refractivity contribution in [1.29, 1.82) is 0 Å². The number of hydrogen-bond acceptors (Lipinski definition) is 4. The summed E-state index contributed by atoms with van der Waals surface area (Å²) in [6.07, 6.45) is 1.56. The van der Waals surface area contributed by atoms with Crippen LogP contribution in [0.1, 0.15) is 35.9 Å². The van der Waals surface area contributed by atoms with Gasteiger partial charge in [-0.2, -0.15) is 0 Å². The Balaban J connectivity index is 2.32. The normalized spacial score (nSPS) is 12.2. The summed E-state index contributed by atoms with van der Waals surface area (Å²) in [4.78, 5) is 15.8. The van der Waals surface area contributed by atoms with E-state index in [1.807, 2.05) is 31.2 Å². The number of halogens is 1. The molecule has 1 unspecified atom stereocenters. The first kappa shape index (κ1) is 14.6. The van der Waals surface area contributed by atoms with Crippen molar-refractivity contribution in [2.75, 3.05) is 12.3 Å². The third-order valence-corrected chi connectivity index (χ3v) is 3.54. The number of esters is 1. The van der Waals surface area contributed by atoms with Gasteiger partial charge in [0, 0.05) is 4.47 Å². The third kappa shape index (κ3) is 2.85. The Hall–Kier alpha value is -1.82. The molecule has 0 aliphatic carbocycles. The Kier molecular flexibility index (Phi) is 4.44. The largest absolute Gasteiger partial charge is 0.461 e. The first-order valence-electron chi connectivity index (χ1n) is 6.29. The second-order valence-corrected chi connectivity index (χ2v) is 5.25. The summed E-state index contributed by atoms with van der Waals surface area (Å²) < 4.78 is 7.67. The Morgan fingerprint density at radius 2 is 2.30 bits per heavy atom. The molecule has 0 saturated carbocycles. The molecule has 0 bridgehead atoms. The Labute approximate surface area is 125 Å². The number of anilines is 1. The SMILES string of the molecule is CCOC(=O)c1ncn(C(C)c2cccc(Br)c2)c1N. The molecule has 6 heteroatoms. The summed E-state index contributed by atoms with van der Waals surface area (Å²) in [6, 6.07) is 7.89. The number of carbonyl (C=O) groups is 1. The number of nitrogen functional groups attached to an aromatic ring is 1. The number of rotatable bonds is 4. The Morgan fingerprint density at radius 3 is 2.95 bits per heavy atom. The first-order valence-corrected chi connectivity index (χ1v) is 7.08. The van der Waals surface area contributed by atoms with Gasteiger partial charge in [0.2, 0.25) is 0 Å². The van der Waals surface area contributed by atoms with Crippen molar-refractivity contribution in [2.45, 2.75) is 19.9 Å². The fourth-order valence-electron chi connectivity index (χ4n) is 1.96. The molecule has 1 atom stereocenters. The molecule has 0 spiro atoms. The lowest BCUT2D eigenvalue weighted by Crippen LogP contribution is -2.12. The van der Waals surface area contributed by atoms with E-state index in [1.54, 1.807) is 17.8 Å². The molecule has 2 aromatic rings. The minimum Gasteiger partial charge on any atom is -0.461 e. The quantitative estimate of drug-likeness (QED) is 0.870. The lowest BCUT2D eigenvalue weighted by Gasteiger charge is -2.15. The molecule has 1 heterocycles. The average Bonchev–Trinajstić information content (AvgIpc) is 2.80. The van der Waals surface area contributed by atoms with Gasteiger partial charge in [-0.1, -0.05) is 28.1 Å². The van der Waals surface area contributed by atoms with E-state index in [0.29, 0.717) is 12.4 Å². The Morgan fingerprint density at radius 1 is 1.55 bits per heavy atom. The summed E-state index contributed by atoms with van der Waals surface area (Å²) in [5.41, 5.74) is 7.23.